The fraction of sp³-hybridized carbons (Fsp3) is 0.0714. The van der Waals surface area contributed by atoms with E-state index in [1.54, 1.807) is 30.3 Å². The van der Waals surface area contributed by atoms with Crippen LogP contribution >= 0.6 is 39.3 Å². The van der Waals surface area contributed by atoms with Crippen molar-refractivity contribution in [2.75, 3.05) is 5.32 Å². The van der Waals surface area contributed by atoms with Crippen LogP contribution < -0.4 is 5.32 Å². The van der Waals surface area contributed by atoms with E-state index in [0.29, 0.717) is 37.4 Å². The van der Waals surface area contributed by atoms with Gasteiger partial charge in [-0.3, -0.25) is 4.79 Å². The minimum Gasteiger partial charge on any atom is -0.322 e. The van der Waals surface area contributed by atoms with Crippen LogP contribution in [0.15, 0.2) is 51.8 Å². The van der Waals surface area contributed by atoms with Crippen molar-refractivity contribution in [3.63, 3.8) is 0 Å². The summed E-state index contributed by atoms with van der Waals surface area (Å²) in [5.74, 6) is -2.79. The molecule has 7 heteroatoms. The van der Waals surface area contributed by atoms with Crippen molar-refractivity contribution in [3.8, 4) is 0 Å². The lowest BCUT2D eigenvalue weighted by Gasteiger charge is -2.07. The summed E-state index contributed by atoms with van der Waals surface area (Å²) < 4.78 is 25.1. The molecule has 0 saturated heterocycles. The molecule has 2 rings (SSSR count). The predicted molar refractivity (Wildman–Crippen MR) is 85.4 cm³/mol. The lowest BCUT2D eigenvalue weighted by Crippen LogP contribution is -2.11. The van der Waals surface area contributed by atoms with Gasteiger partial charge in [0.15, 0.2) is 0 Å². The standard InChI is InChI=1S/C14H9BrClF2NOS/c15-9-5-8(6-10(16)7-9)13(20)19-11-1-3-12(4-2-11)21-14(17)18/h1-7,14H,(H,19,20). The molecule has 0 aliphatic carbocycles. The lowest BCUT2D eigenvalue weighted by molar-refractivity contribution is 0.102. The van der Waals surface area contributed by atoms with Gasteiger partial charge in [0, 0.05) is 25.6 Å². The third kappa shape index (κ3) is 4.98. The molecule has 0 fully saturated rings. The van der Waals surface area contributed by atoms with Gasteiger partial charge in [-0.15, -0.1) is 0 Å². The number of carbonyl (C=O) groups excluding carboxylic acids is 1. The Labute approximate surface area is 138 Å². The molecule has 0 aliphatic rings. The van der Waals surface area contributed by atoms with Crippen LogP contribution in [0, 0.1) is 0 Å². The van der Waals surface area contributed by atoms with Gasteiger partial charge in [0.1, 0.15) is 0 Å². The molecule has 0 aromatic heterocycles. The number of carbonyl (C=O) groups is 1. The van der Waals surface area contributed by atoms with Crippen LogP contribution in [0.5, 0.6) is 0 Å². The molecule has 2 aromatic carbocycles. The number of anilines is 1. The van der Waals surface area contributed by atoms with Crippen LogP contribution in [-0.4, -0.2) is 11.7 Å². The molecule has 21 heavy (non-hydrogen) atoms. The van der Waals surface area contributed by atoms with E-state index >= 15 is 0 Å². The molecule has 110 valence electrons. The minimum atomic E-state index is -2.46. The maximum atomic E-state index is 12.2. The van der Waals surface area contributed by atoms with Crippen molar-refractivity contribution < 1.29 is 13.6 Å². The first-order chi connectivity index (χ1) is 9.94. The summed E-state index contributed by atoms with van der Waals surface area (Å²) >= 11 is 9.60. The average Bonchev–Trinajstić information content (AvgIpc) is 2.39. The summed E-state index contributed by atoms with van der Waals surface area (Å²) in [6.45, 7) is 0. The zero-order valence-corrected chi connectivity index (χ0v) is 13.6. The molecular formula is C14H9BrClF2NOS. The second-order valence-corrected chi connectivity index (χ2v) is 6.43. The Morgan fingerprint density at radius 1 is 1.19 bits per heavy atom. The predicted octanol–water partition coefficient (Wildman–Crippen LogP) is 5.67. The average molecular weight is 393 g/mol. The van der Waals surface area contributed by atoms with Gasteiger partial charge in [-0.2, -0.15) is 8.78 Å². The quantitative estimate of drug-likeness (QED) is 0.679. The smallest absolute Gasteiger partial charge is 0.288 e. The highest BCUT2D eigenvalue weighted by atomic mass is 79.9. The van der Waals surface area contributed by atoms with Crippen molar-refractivity contribution in [1.82, 2.24) is 0 Å². The topological polar surface area (TPSA) is 29.1 Å². The van der Waals surface area contributed by atoms with Crippen molar-refractivity contribution in [3.05, 3.63) is 57.5 Å². The number of nitrogens with one attached hydrogen (secondary N) is 1. The Balaban J connectivity index is 2.08. The van der Waals surface area contributed by atoms with Crippen molar-refractivity contribution in [1.29, 1.82) is 0 Å². The maximum absolute atomic E-state index is 12.2. The van der Waals surface area contributed by atoms with Gasteiger partial charge < -0.3 is 5.32 Å². The zero-order valence-electron chi connectivity index (χ0n) is 10.4. The molecule has 2 nitrogen and oxygen atoms in total. The van der Waals surface area contributed by atoms with Gasteiger partial charge in [0.2, 0.25) is 0 Å². The van der Waals surface area contributed by atoms with E-state index in [9.17, 15) is 13.6 Å². The fourth-order valence-corrected chi connectivity index (χ4v) is 2.97. The van der Waals surface area contributed by atoms with Gasteiger partial charge in [-0.05, 0) is 42.5 Å². The highest BCUT2D eigenvalue weighted by Gasteiger charge is 2.09. The summed E-state index contributed by atoms with van der Waals surface area (Å²) in [6.07, 6.45) is 0. The number of benzene rings is 2. The summed E-state index contributed by atoms with van der Waals surface area (Å²) in [5, 5.41) is 3.12. The minimum absolute atomic E-state index is 0.326. The Morgan fingerprint density at radius 3 is 2.43 bits per heavy atom. The Morgan fingerprint density at radius 2 is 1.86 bits per heavy atom. The van der Waals surface area contributed by atoms with E-state index in [4.69, 9.17) is 11.6 Å². The molecule has 0 atom stereocenters. The van der Waals surface area contributed by atoms with Crippen molar-refractivity contribution >= 4 is 50.9 Å². The molecule has 2 aromatic rings. The molecule has 0 radical (unpaired) electrons. The number of hydrogen-bond acceptors (Lipinski definition) is 2. The Bertz CT molecular complexity index is 632. The van der Waals surface area contributed by atoms with E-state index in [2.05, 4.69) is 21.2 Å². The molecule has 0 aliphatic heterocycles. The van der Waals surface area contributed by atoms with E-state index in [-0.39, 0.29) is 5.91 Å². The second-order valence-electron chi connectivity index (χ2n) is 4.02. The summed E-state index contributed by atoms with van der Waals surface area (Å²) in [4.78, 5) is 12.5. The van der Waals surface area contributed by atoms with Crippen LogP contribution in [0.3, 0.4) is 0 Å². The van der Waals surface area contributed by atoms with Gasteiger partial charge in [-0.25, -0.2) is 0 Å². The van der Waals surface area contributed by atoms with Gasteiger partial charge in [-0.1, -0.05) is 39.3 Å². The maximum Gasteiger partial charge on any atom is 0.288 e. The second kappa shape index (κ2) is 7.24. The molecule has 0 saturated carbocycles. The molecule has 0 spiro atoms. The largest absolute Gasteiger partial charge is 0.322 e. The first-order valence-corrected chi connectivity index (χ1v) is 7.81. The molecular weight excluding hydrogens is 384 g/mol. The van der Waals surface area contributed by atoms with Crippen LogP contribution in [-0.2, 0) is 0 Å². The van der Waals surface area contributed by atoms with Gasteiger partial charge in [0.05, 0.1) is 0 Å². The summed E-state index contributed by atoms with van der Waals surface area (Å²) in [6, 6.07) is 11.1. The van der Waals surface area contributed by atoms with Crippen LogP contribution in [0.2, 0.25) is 5.02 Å². The number of amides is 1. The van der Waals surface area contributed by atoms with Crippen LogP contribution in [0.4, 0.5) is 14.5 Å². The van der Waals surface area contributed by atoms with Gasteiger partial charge in [0.25, 0.3) is 11.7 Å². The number of alkyl halides is 2. The summed E-state index contributed by atoms with van der Waals surface area (Å²) in [7, 11) is 0. The number of hydrogen-bond donors (Lipinski definition) is 1. The third-order valence-electron chi connectivity index (χ3n) is 2.46. The number of thioether (sulfide) groups is 1. The van der Waals surface area contributed by atoms with E-state index in [1.807, 2.05) is 0 Å². The number of rotatable bonds is 4. The number of halogens is 4. The highest BCUT2D eigenvalue weighted by Crippen LogP contribution is 2.26. The summed E-state index contributed by atoms with van der Waals surface area (Å²) in [5.41, 5.74) is 0.926. The first-order valence-electron chi connectivity index (χ1n) is 5.76. The lowest BCUT2D eigenvalue weighted by atomic mass is 10.2. The molecule has 1 N–H and O–H groups in total. The first kappa shape index (κ1) is 16.3. The van der Waals surface area contributed by atoms with Gasteiger partial charge >= 0.3 is 0 Å². The SMILES string of the molecule is O=C(Nc1ccc(SC(F)F)cc1)c1cc(Cl)cc(Br)c1. The van der Waals surface area contributed by atoms with Crippen LogP contribution in [0.25, 0.3) is 0 Å². The molecule has 0 bridgehead atoms. The Hall–Kier alpha value is -1.11. The third-order valence-corrected chi connectivity index (χ3v) is 3.86. The van der Waals surface area contributed by atoms with E-state index in [0.717, 1.165) is 0 Å². The van der Waals surface area contributed by atoms with Crippen molar-refractivity contribution in [2.45, 2.75) is 10.7 Å². The molecule has 1 amide bonds. The Kier molecular flexibility index (Phi) is 5.61. The zero-order chi connectivity index (χ0) is 15.4. The highest BCUT2D eigenvalue weighted by molar-refractivity contribution is 9.10. The van der Waals surface area contributed by atoms with Crippen molar-refractivity contribution in [2.24, 2.45) is 0 Å². The fourth-order valence-electron chi connectivity index (χ4n) is 1.61. The molecule has 0 unspecified atom stereocenters. The molecule has 0 heterocycles. The monoisotopic (exact) mass is 391 g/mol. The normalized spacial score (nSPS) is 10.7. The van der Waals surface area contributed by atoms with E-state index < -0.39 is 5.76 Å². The van der Waals surface area contributed by atoms with Crippen LogP contribution in [0.1, 0.15) is 10.4 Å². The van der Waals surface area contributed by atoms with E-state index in [1.165, 1.54) is 12.1 Å².